The Hall–Kier alpha value is -1.34. The molecule has 1 unspecified atom stereocenters. The van der Waals surface area contributed by atoms with Crippen molar-refractivity contribution in [2.24, 2.45) is 5.73 Å². The first-order valence-corrected chi connectivity index (χ1v) is 6.90. The average Bonchev–Trinajstić information content (AvgIpc) is 2.45. The monoisotopic (exact) mass is 337 g/mol. The van der Waals surface area contributed by atoms with E-state index >= 15 is 0 Å². The Morgan fingerprint density at radius 2 is 2.09 bits per heavy atom. The number of hydrogen-bond acceptors (Lipinski definition) is 3. The van der Waals surface area contributed by atoms with E-state index in [0.29, 0.717) is 13.1 Å². The first-order valence-electron chi connectivity index (χ1n) is 6.90. The maximum Gasteiger partial charge on any atom is 0.433 e. The maximum atomic E-state index is 12.6. The highest BCUT2D eigenvalue weighted by Gasteiger charge is 2.34. The van der Waals surface area contributed by atoms with Crippen LogP contribution in [0.5, 0.6) is 0 Å². The summed E-state index contributed by atoms with van der Waals surface area (Å²) in [6.07, 6.45) is -1.78. The Balaban J connectivity index is 0.00000242. The fourth-order valence-electron chi connectivity index (χ4n) is 2.61. The third-order valence-corrected chi connectivity index (χ3v) is 3.77. The average molecular weight is 338 g/mol. The van der Waals surface area contributed by atoms with Gasteiger partial charge in [-0.3, -0.25) is 4.79 Å². The van der Waals surface area contributed by atoms with Gasteiger partial charge in [0.1, 0.15) is 5.69 Å². The number of hydrogen-bond donors (Lipinski definition) is 1. The molecule has 1 saturated heterocycles. The van der Waals surface area contributed by atoms with E-state index in [-0.39, 0.29) is 35.6 Å². The van der Waals surface area contributed by atoms with Crippen molar-refractivity contribution in [2.75, 3.05) is 13.1 Å². The van der Waals surface area contributed by atoms with Crippen LogP contribution in [0.25, 0.3) is 0 Å². The lowest BCUT2D eigenvalue weighted by atomic mass is 10.0. The van der Waals surface area contributed by atoms with E-state index in [9.17, 15) is 18.0 Å². The van der Waals surface area contributed by atoms with Crippen LogP contribution in [-0.2, 0) is 6.18 Å². The van der Waals surface area contributed by atoms with Gasteiger partial charge in [-0.25, -0.2) is 4.98 Å². The molecule has 8 heteroatoms. The lowest BCUT2D eigenvalue weighted by Crippen LogP contribution is -2.47. The van der Waals surface area contributed by atoms with Crippen LogP contribution in [-0.4, -0.2) is 34.9 Å². The summed E-state index contributed by atoms with van der Waals surface area (Å²) in [5, 5.41) is 0. The van der Waals surface area contributed by atoms with E-state index in [0.717, 1.165) is 25.3 Å². The van der Waals surface area contributed by atoms with Crippen molar-refractivity contribution in [3.05, 3.63) is 29.1 Å². The van der Waals surface area contributed by atoms with E-state index in [1.165, 1.54) is 13.0 Å². The smallest absolute Gasteiger partial charge is 0.334 e. The maximum absolute atomic E-state index is 12.6. The van der Waals surface area contributed by atoms with Crippen LogP contribution in [0.2, 0.25) is 0 Å². The molecule has 22 heavy (non-hydrogen) atoms. The molecular formula is C14H19ClF3N3O. The Morgan fingerprint density at radius 3 is 2.64 bits per heavy atom. The summed E-state index contributed by atoms with van der Waals surface area (Å²) in [4.78, 5) is 17.7. The molecule has 0 aromatic carbocycles. The molecule has 2 heterocycles. The molecule has 1 aliphatic heterocycles. The predicted octanol–water partition coefficient (Wildman–Crippen LogP) is 2.78. The van der Waals surface area contributed by atoms with Gasteiger partial charge in [-0.15, -0.1) is 12.4 Å². The standard InChI is InChI=1S/C14H18F3N3O.ClH/c1-9-11(5-6-12(19-9)14(15,16)17)13(21)20-7-3-2-4-10(20)8-18;/h5-6,10H,2-4,7-8,18H2,1H3;1H. The number of pyridine rings is 1. The number of carbonyl (C=O) groups excluding carboxylic acids is 1. The first-order chi connectivity index (χ1) is 9.84. The summed E-state index contributed by atoms with van der Waals surface area (Å²) in [6, 6.07) is 2.00. The van der Waals surface area contributed by atoms with Crippen LogP contribution >= 0.6 is 12.4 Å². The van der Waals surface area contributed by atoms with Gasteiger partial charge in [0.05, 0.1) is 11.3 Å². The van der Waals surface area contributed by atoms with E-state index in [4.69, 9.17) is 5.73 Å². The minimum atomic E-state index is -4.50. The lowest BCUT2D eigenvalue weighted by molar-refractivity contribution is -0.141. The van der Waals surface area contributed by atoms with Crippen molar-refractivity contribution < 1.29 is 18.0 Å². The summed E-state index contributed by atoms with van der Waals surface area (Å²) < 4.78 is 37.8. The van der Waals surface area contributed by atoms with E-state index in [2.05, 4.69) is 4.98 Å². The zero-order chi connectivity index (χ0) is 15.6. The first kappa shape index (κ1) is 18.7. The molecule has 1 atom stereocenters. The number of halogens is 4. The van der Waals surface area contributed by atoms with Gasteiger partial charge in [-0.1, -0.05) is 0 Å². The van der Waals surface area contributed by atoms with Gasteiger partial charge < -0.3 is 10.6 Å². The highest BCUT2D eigenvalue weighted by Crippen LogP contribution is 2.29. The Bertz CT molecular complexity index is 537. The Labute approximate surface area is 133 Å². The van der Waals surface area contributed by atoms with Crippen LogP contribution in [0.15, 0.2) is 12.1 Å². The van der Waals surface area contributed by atoms with E-state index in [1.807, 2.05) is 0 Å². The zero-order valence-corrected chi connectivity index (χ0v) is 13.0. The van der Waals surface area contributed by atoms with Gasteiger partial charge >= 0.3 is 6.18 Å². The molecule has 124 valence electrons. The van der Waals surface area contributed by atoms with Crippen molar-refractivity contribution in [2.45, 2.75) is 38.4 Å². The second kappa shape index (κ2) is 7.28. The van der Waals surface area contributed by atoms with Gasteiger partial charge in [-0.2, -0.15) is 13.2 Å². The van der Waals surface area contributed by atoms with E-state index < -0.39 is 11.9 Å². The molecule has 4 nitrogen and oxygen atoms in total. The Morgan fingerprint density at radius 1 is 1.41 bits per heavy atom. The fourth-order valence-corrected chi connectivity index (χ4v) is 2.61. The highest BCUT2D eigenvalue weighted by atomic mass is 35.5. The Kier molecular flexibility index (Phi) is 6.19. The number of likely N-dealkylation sites (tertiary alicyclic amines) is 1. The fraction of sp³-hybridized carbons (Fsp3) is 0.571. The van der Waals surface area contributed by atoms with Crippen molar-refractivity contribution >= 4 is 18.3 Å². The molecule has 1 aliphatic rings. The number of aromatic nitrogens is 1. The van der Waals surface area contributed by atoms with Crippen LogP contribution in [0.3, 0.4) is 0 Å². The minimum absolute atomic E-state index is 0. The van der Waals surface area contributed by atoms with E-state index in [1.54, 1.807) is 4.90 Å². The number of aryl methyl sites for hydroxylation is 1. The van der Waals surface area contributed by atoms with Crippen LogP contribution in [0, 0.1) is 6.92 Å². The van der Waals surface area contributed by atoms with Crippen molar-refractivity contribution in [1.82, 2.24) is 9.88 Å². The summed E-state index contributed by atoms with van der Waals surface area (Å²) >= 11 is 0. The number of alkyl halides is 3. The number of piperidine rings is 1. The molecule has 0 bridgehead atoms. The topological polar surface area (TPSA) is 59.2 Å². The van der Waals surface area contributed by atoms with Crippen molar-refractivity contribution in [3.63, 3.8) is 0 Å². The van der Waals surface area contributed by atoms with Crippen LogP contribution in [0.4, 0.5) is 13.2 Å². The summed E-state index contributed by atoms with van der Waals surface area (Å²) in [5.74, 6) is -0.288. The molecule has 1 amide bonds. The number of carbonyl (C=O) groups is 1. The molecule has 0 aliphatic carbocycles. The summed E-state index contributed by atoms with van der Waals surface area (Å²) in [5.41, 5.74) is 4.99. The minimum Gasteiger partial charge on any atom is -0.334 e. The molecule has 0 saturated carbocycles. The highest BCUT2D eigenvalue weighted by molar-refractivity contribution is 5.95. The van der Waals surface area contributed by atoms with Crippen LogP contribution in [0.1, 0.15) is 41.0 Å². The molecule has 1 aromatic rings. The van der Waals surface area contributed by atoms with Gasteiger partial charge in [0.25, 0.3) is 5.91 Å². The third-order valence-electron chi connectivity index (χ3n) is 3.77. The second-order valence-electron chi connectivity index (χ2n) is 5.21. The molecule has 1 fully saturated rings. The number of rotatable bonds is 2. The van der Waals surface area contributed by atoms with Gasteiger partial charge in [0, 0.05) is 19.1 Å². The van der Waals surface area contributed by atoms with Crippen molar-refractivity contribution in [1.29, 1.82) is 0 Å². The zero-order valence-electron chi connectivity index (χ0n) is 12.2. The summed E-state index contributed by atoms with van der Waals surface area (Å²) in [6.45, 7) is 2.36. The normalized spacial score (nSPS) is 18.8. The molecule has 2 rings (SSSR count). The molecule has 1 aromatic heterocycles. The van der Waals surface area contributed by atoms with Gasteiger partial charge in [-0.05, 0) is 38.3 Å². The van der Waals surface area contributed by atoms with Crippen LogP contribution < -0.4 is 5.73 Å². The second-order valence-corrected chi connectivity index (χ2v) is 5.21. The van der Waals surface area contributed by atoms with Gasteiger partial charge in [0.2, 0.25) is 0 Å². The molecular weight excluding hydrogens is 319 g/mol. The predicted molar refractivity (Wildman–Crippen MR) is 79.0 cm³/mol. The molecule has 0 radical (unpaired) electrons. The quantitative estimate of drug-likeness (QED) is 0.902. The SMILES string of the molecule is Cc1nc(C(F)(F)F)ccc1C(=O)N1CCCCC1CN.Cl. The number of nitrogens with two attached hydrogens (primary N) is 1. The number of nitrogens with zero attached hydrogens (tertiary/aromatic N) is 2. The third kappa shape index (κ3) is 3.89. The lowest BCUT2D eigenvalue weighted by Gasteiger charge is -2.35. The molecule has 0 spiro atoms. The van der Waals surface area contributed by atoms with Crippen molar-refractivity contribution in [3.8, 4) is 0 Å². The van der Waals surface area contributed by atoms with Gasteiger partial charge in [0.15, 0.2) is 0 Å². The molecule has 2 N–H and O–H groups in total. The number of amides is 1. The largest absolute Gasteiger partial charge is 0.433 e. The summed E-state index contributed by atoms with van der Waals surface area (Å²) in [7, 11) is 0.